The summed E-state index contributed by atoms with van der Waals surface area (Å²) in [6.07, 6.45) is -0.994. The van der Waals surface area contributed by atoms with Gasteiger partial charge in [0.05, 0.1) is 31.9 Å². The Bertz CT molecular complexity index is 536. The number of ether oxygens (including phenoxy) is 3. The van der Waals surface area contributed by atoms with Crippen LogP contribution in [0.25, 0.3) is 0 Å². The number of aliphatic hydroxyl groups is 1. The van der Waals surface area contributed by atoms with E-state index in [9.17, 15) is 5.11 Å². The third kappa shape index (κ3) is 3.30. The summed E-state index contributed by atoms with van der Waals surface area (Å²) < 4.78 is 17.2. The number of nitrogens with one attached hydrogen (secondary N) is 1. The largest absolute Gasteiger partial charge is 0.496 e. The Hall–Kier alpha value is -1.18. The van der Waals surface area contributed by atoms with E-state index in [0.29, 0.717) is 13.2 Å². The number of likely N-dealkylation sites (N-methyl/N-ethyl adjacent to an activating group) is 1. The van der Waals surface area contributed by atoms with E-state index in [4.69, 9.17) is 14.2 Å². The van der Waals surface area contributed by atoms with E-state index < -0.39 is 6.10 Å². The standard InChI is InChI=1S/C18H28N2O4/c1-4-20(5-2)16-17(21)15(14-11-23-18(16)24-14)19-10-12-8-6-7-9-13(12)22-3/h6-9,14-19,21H,4-5,10-11H2,1-3H3/t14-,15+,16-,17-,18+/m0/s1. The van der Waals surface area contributed by atoms with Crippen LogP contribution in [0.2, 0.25) is 0 Å². The molecule has 2 saturated heterocycles. The zero-order chi connectivity index (χ0) is 17.1. The number of hydrogen-bond donors (Lipinski definition) is 2. The Kier molecular flexibility index (Phi) is 5.73. The number of aliphatic hydroxyl groups excluding tert-OH is 1. The van der Waals surface area contributed by atoms with Crippen molar-refractivity contribution < 1.29 is 19.3 Å². The molecule has 6 nitrogen and oxygen atoms in total. The fourth-order valence-corrected chi connectivity index (χ4v) is 3.76. The Morgan fingerprint density at radius 1 is 1.29 bits per heavy atom. The lowest BCUT2D eigenvalue weighted by atomic mass is 9.94. The quantitative estimate of drug-likeness (QED) is 0.774. The van der Waals surface area contributed by atoms with Crippen LogP contribution in [0.4, 0.5) is 0 Å². The van der Waals surface area contributed by atoms with Gasteiger partial charge < -0.3 is 24.6 Å². The second-order valence-electron chi connectivity index (χ2n) is 6.30. The van der Waals surface area contributed by atoms with E-state index in [1.807, 2.05) is 24.3 Å². The van der Waals surface area contributed by atoms with Gasteiger partial charge in [0, 0.05) is 12.1 Å². The van der Waals surface area contributed by atoms with E-state index in [-0.39, 0.29) is 24.5 Å². The molecule has 2 N–H and O–H groups in total. The SMILES string of the molecule is CCN(CC)[C@@H]1[C@@H]2OC[C@H](O2)[C@@H](NCc2ccccc2OC)[C@@H]1O. The molecule has 2 aliphatic heterocycles. The van der Waals surface area contributed by atoms with Crippen LogP contribution in [-0.2, 0) is 16.0 Å². The molecule has 2 bridgehead atoms. The van der Waals surface area contributed by atoms with Gasteiger partial charge >= 0.3 is 0 Å². The summed E-state index contributed by atoms with van der Waals surface area (Å²) in [5.41, 5.74) is 1.06. The van der Waals surface area contributed by atoms with Crippen LogP contribution in [0.3, 0.4) is 0 Å². The highest BCUT2D eigenvalue weighted by Gasteiger charge is 2.51. The maximum Gasteiger partial charge on any atom is 0.176 e. The summed E-state index contributed by atoms with van der Waals surface area (Å²) in [6.45, 7) is 7.02. The predicted molar refractivity (Wildman–Crippen MR) is 91.0 cm³/mol. The smallest absolute Gasteiger partial charge is 0.176 e. The lowest BCUT2D eigenvalue weighted by molar-refractivity contribution is -0.181. The van der Waals surface area contributed by atoms with Gasteiger partial charge in [-0.2, -0.15) is 0 Å². The zero-order valence-electron chi connectivity index (χ0n) is 14.6. The molecule has 0 aliphatic carbocycles. The molecule has 0 radical (unpaired) electrons. The first-order valence-corrected chi connectivity index (χ1v) is 8.74. The summed E-state index contributed by atoms with van der Waals surface area (Å²) in [5, 5.41) is 14.4. The third-order valence-corrected chi connectivity index (χ3v) is 5.09. The van der Waals surface area contributed by atoms with Crippen molar-refractivity contribution in [1.29, 1.82) is 0 Å². The normalized spacial score (nSPS) is 32.3. The second-order valence-corrected chi connectivity index (χ2v) is 6.30. The molecular formula is C18H28N2O4. The van der Waals surface area contributed by atoms with Gasteiger partial charge in [-0.25, -0.2) is 0 Å². The molecule has 2 heterocycles. The van der Waals surface area contributed by atoms with Crippen molar-refractivity contribution in [2.24, 2.45) is 0 Å². The summed E-state index contributed by atoms with van der Waals surface area (Å²) in [7, 11) is 1.67. The average molecular weight is 336 g/mol. The van der Waals surface area contributed by atoms with Gasteiger partial charge in [0.1, 0.15) is 11.9 Å². The summed E-state index contributed by atoms with van der Waals surface area (Å²) in [6, 6.07) is 7.59. The molecule has 24 heavy (non-hydrogen) atoms. The summed E-state index contributed by atoms with van der Waals surface area (Å²) in [5.74, 6) is 0.844. The predicted octanol–water partition coefficient (Wildman–Crippen LogP) is 0.980. The highest BCUT2D eigenvalue weighted by atomic mass is 16.7. The molecule has 0 amide bonds. The highest BCUT2D eigenvalue weighted by Crippen LogP contribution is 2.31. The molecule has 0 unspecified atom stereocenters. The molecule has 2 fully saturated rings. The Morgan fingerprint density at radius 2 is 2.04 bits per heavy atom. The number of rotatable bonds is 7. The maximum absolute atomic E-state index is 11.0. The topological polar surface area (TPSA) is 63.2 Å². The number of hydrogen-bond acceptors (Lipinski definition) is 6. The Morgan fingerprint density at radius 3 is 2.75 bits per heavy atom. The van der Waals surface area contributed by atoms with Gasteiger partial charge in [-0.1, -0.05) is 32.0 Å². The first-order valence-electron chi connectivity index (χ1n) is 8.74. The molecule has 0 aromatic heterocycles. The van der Waals surface area contributed by atoms with Crippen LogP contribution >= 0.6 is 0 Å². The van der Waals surface area contributed by atoms with Crippen molar-refractivity contribution in [2.45, 2.75) is 51.0 Å². The summed E-state index contributed by atoms with van der Waals surface area (Å²) in [4.78, 5) is 2.20. The van der Waals surface area contributed by atoms with E-state index >= 15 is 0 Å². The van der Waals surface area contributed by atoms with Crippen LogP contribution in [0, 0.1) is 0 Å². The fourth-order valence-electron chi connectivity index (χ4n) is 3.76. The van der Waals surface area contributed by atoms with E-state index in [1.165, 1.54) is 0 Å². The molecule has 1 aromatic carbocycles. The van der Waals surface area contributed by atoms with Crippen LogP contribution in [0.15, 0.2) is 24.3 Å². The molecule has 2 aliphatic rings. The van der Waals surface area contributed by atoms with Crippen molar-refractivity contribution in [1.82, 2.24) is 10.2 Å². The van der Waals surface area contributed by atoms with Gasteiger partial charge in [0.15, 0.2) is 6.29 Å². The van der Waals surface area contributed by atoms with Crippen LogP contribution in [0.1, 0.15) is 19.4 Å². The maximum atomic E-state index is 11.0. The van der Waals surface area contributed by atoms with Crippen molar-refractivity contribution in [3.8, 4) is 5.75 Å². The van der Waals surface area contributed by atoms with E-state index in [2.05, 4.69) is 24.1 Å². The second kappa shape index (κ2) is 7.80. The van der Waals surface area contributed by atoms with E-state index in [0.717, 1.165) is 24.4 Å². The molecule has 6 heteroatoms. The number of fused-ring (bicyclic) bond motifs is 2. The Labute approximate surface area is 143 Å². The van der Waals surface area contributed by atoms with Crippen LogP contribution < -0.4 is 10.1 Å². The van der Waals surface area contributed by atoms with Gasteiger partial charge in [-0.05, 0) is 19.2 Å². The molecule has 134 valence electrons. The third-order valence-electron chi connectivity index (χ3n) is 5.09. The van der Waals surface area contributed by atoms with Crippen molar-refractivity contribution >= 4 is 0 Å². The molecule has 0 spiro atoms. The van der Waals surface area contributed by atoms with Crippen molar-refractivity contribution in [2.75, 3.05) is 26.8 Å². The highest BCUT2D eigenvalue weighted by molar-refractivity contribution is 5.33. The van der Waals surface area contributed by atoms with Crippen LogP contribution in [-0.4, -0.2) is 67.4 Å². The molecular weight excluding hydrogens is 308 g/mol. The first kappa shape index (κ1) is 17.6. The molecule has 0 saturated carbocycles. The number of methoxy groups -OCH3 is 1. The zero-order valence-corrected chi connectivity index (χ0v) is 14.6. The monoisotopic (exact) mass is 336 g/mol. The number of para-hydroxylation sites is 1. The molecule has 5 atom stereocenters. The minimum atomic E-state index is -0.536. The van der Waals surface area contributed by atoms with Crippen LogP contribution in [0.5, 0.6) is 5.75 Å². The number of nitrogens with zero attached hydrogens (tertiary/aromatic N) is 1. The average Bonchev–Trinajstić information content (AvgIpc) is 3.04. The van der Waals surface area contributed by atoms with Gasteiger partial charge in [0.25, 0.3) is 0 Å². The fraction of sp³-hybridized carbons (Fsp3) is 0.667. The van der Waals surface area contributed by atoms with Gasteiger partial charge in [0.2, 0.25) is 0 Å². The summed E-state index contributed by atoms with van der Waals surface area (Å²) >= 11 is 0. The molecule has 3 rings (SSSR count). The minimum Gasteiger partial charge on any atom is -0.496 e. The van der Waals surface area contributed by atoms with Crippen molar-refractivity contribution in [3.63, 3.8) is 0 Å². The number of benzene rings is 1. The lowest BCUT2D eigenvalue weighted by Gasteiger charge is -2.43. The first-order chi connectivity index (χ1) is 11.7. The lowest BCUT2D eigenvalue weighted by Crippen LogP contribution is -2.64. The van der Waals surface area contributed by atoms with Gasteiger partial charge in [-0.3, -0.25) is 4.90 Å². The minimum absolute atomic E-state index is 0.119. The van der Waals surface area contributed by atoms with Gasteiger partial charge in [-0.15, -0.1) is 0 Å². The Balaban J connectivity index is 1.72. The molecule has 1 aromatic rings. The van der Waals surface area contributed by atoms with E-state index in [1.54, 1.807) is 7.11 Å². The van der Waals surface area contributed by atoms with Crippen molar-refractivity contribution in [3.05, 3.63) is 29.8 Å².